The minimum atomic E-state index is -5.05. The van der Waals surface area contributed by atoms with E-state index >= 15 is 0 Å². The van der Waals surface area contributed by atoms with E-state index in [9.17, 15) is 28.5 Å². The molecule has 1 rings (SSSR count). The Kier molecular flexibility index (Phi) is 25.2. The fourth-order valence-corrected chi connectivity index (χ4v) is 5.12. The summed E-state index contributed by atoms with van der Waals surface area (Å²) in [6, 6.07) is 0. The predicted octanol–water partition coefficient (Wildman–Crippen LogP) is 5.06. The average Bonchev–Trinajstić information content (AvgIpc) is 3.04. The lowest BCUT2D eigenvalue weighted by Crippen LogP contribution is -2.60. The zero-order valence-corrected chi connectivity index (χ0v) is 29.3. The van der Waals surface area contributed by atoms with Crippen LogP contribution in [-0.4, -0.2) is 97.5 Å². The number of carbonyl (C=O) groups excluding carboxylic acids is 1. The van der Waals surface area contributed by atoms with Crippen LogP contribution in [0.25, 0.3) is 0 Å². The van der Waals surface area contributed by atoms with Gasteiger partial charge in [0.05, 0.1) is 19.8 Å². The normalized spacial score (nSPS) is 23.0. The van der Waals surface area contributed by atoms with Crippen LogP contribution in [0.4, 0.5) is 0 Å². The van der Waals surface area contributed by atoms with Gasteiger partial charge in [-0.3, -0.25) is 9.35 Å². The van der Waals surface area contributed by atoms with Crippen molar-refractivity contribution in [2.75, 3.05) is 26.4 Å². The molecule has 0 radical (unpaired) electrons. The number of hydrogen-bond donors (Lipinski definition) is 4. The summed E-state index contributed by atoms with van der Waals surface area (Å²) in [6.07, 6.45) is 23.2. The van der Waals surface area contributed by atoms with Crippen molar-refractivity contribution in [2.24, 2.45) is 0 Å². The predicted molar refractivity (Wildman–Crippen MR) is 183 cm³/mol. The second-order valence-corrected chi connectivity index (χ2v) is 12.4. The fraction of sp³-hybridized carbons (Fsp3) is 0.686. The Balaban J connectivity index is 2.31. The number of allylic oxidation sites excluding steroid dienone is 10. The molecular weight excluding hydrogens is 644 g/mol. The number of ether oxygens (including phenoxy) is 4. The third-order valence-corrected chi connectivity index (χ3v) is 7.59. The first-order valence-corrected chi connectivity index (χ1v) is 18.4. The van der Waals surface area contributed by atoms with E-state index in [-0.39, 0.29) is 19.6 Å². The number of aliphatic hydroxyl groups is 3. The molecule has 276 valence electrons. The minimum absolute atomic E-state index is 0.00923. The number of hydrogen-bond acceptors (Lipinski definition) is 11. The van der Waals surface area contributed by atoms with Gasteiger partial charge in [0.15, 0.2) is 6.29 Å². The van der Waals surface area contributed by atoms with E-state index in [1.54, 1.807) is 0 Å². The molecule has 13 heteroatoms. The first-order valence-electron chi connectivity index (χ1n) is 17.0. The lowest BCUT2D eigenvalue weighted by Gasteiger charge is -2.41. The summed E-state index contributed by atoms with van der Waals surface area (Å²) >= 11 is 0. The molecule has 6 atom stereocenters. The molecule has 1 aliphatic heterocycles. The van der Waals surface area contributed by atoms with Gasteiger partial charge >= 0.3 is 16.4 Å². The third kappa shape index (κ3) is 21.7. The van der Waals surface area contributed by atoms with Gasteiger partial charge in [0.2, 0.25) is 0 Å². The first kappa shape index (κ1) is 43.8. The van der Waals surface area contributed by atoms with Gasteiger partial charge in [0.1, 0.15) is 30.5 Å². The molecule has 48 heavy (non-hydrogen) atoms. The van der Waals surface area contributed by atoms with E-state index in [0.29, 0.717) is 13.0 Å². The molecule has 1 fully saturated rings. The van der Waals surface area contributed by atoms with Crippen molar-refractivity contribution in [3.8, 4) is 0 Å². The van der Waals surface area contributed by atoms with Crippen molar-refractivity contribution >= 4 is 16.4 Å². The highest BCUT2D eigenvalue weighted by Crippen LogP contribution is 2.25. The lowest BCUT2D eigenvalue weighted by molar-refractivity contribution is -0.301. The van der Waals surface area contributed by atoms with Gasteiger partial charge in [0.25, 0.3) is 0 Å². The number of rotatable bonds is 27. The van der Waals surface area contributed by atoms with Crippen LogP contribution in [0, 0.1) is 0 Å². The van der Waals surface area contributed by atoms with Crippen LogP contribution in [0.5, 0.6) is 0 Å². The summed E-state index contributed by atoms with van der Waals surface area (Å²) < 4.78 is 57.8. The van der Waals surface area contributed by atoms with Crippen molar-refractivity contribution in [3.05, 3.63) is 60.8 Å². The molecule has 0 spiro atoms. The Hall–Kier alpha value is -2.20. The second kappa shape index (κ2) is 27.6. The van der Waals surface area contributed by atoms with Crippen molar-refractivity contribution in [3.63, 3.8) is 0 Å². The Morgan fingerprint density at radius 3 is 1.96 bits per heavy atom. The molecule has 0 saturated carbocycles. The van der Waals surface area contributed by atoms with E-state index < -0.39 is 59.8 Å². The zero-order chi connectivity index (χ0) is 35.5. The van der Waals surface area contributed by atoms with E-state index in [1.165, 1.54) is 0 Å². The Labute approximate surface area is 287 Å². The molecule has 1 aliphatic rings. The van der Waals surface area contributed by atoms with Gasteiger partial charge in [-0.15, -0.1) is 0 Å². The quantitative estimate of drug-likeness (QED) is 0.0388. The highest BCUT2D eigenvalue weighted by atomic mass is 32.3. The molecule has 0 aromatic carbocycles. The zero-order valence-electron chi connectivity index (χ0n) is 28.5. The number of carbonyl (C=O) groups is 1. The number of aliphatic hydroxyl groups excluding tert-OH is 3. The Bertz CT molecular complexity index is 1090. The summed E-state index contributed by atoms with van der Waals surface area (Å²) in [4.78, 5) is 12.1. The third-order valence-electron chi connectivity index (χ3n) is 7.12. The summed E-state index contributed by atoms with van der Waals surface area (Å²) in [5, 5.41) is 30.1. The van der Waals surface area contributed by atoms with Crippen molar-refractivity contribution < 1.29 is 56.2 Å². The maximum absolute atomic E-state index is 12.1. The highest BCUT2D eigenvalue weighted by molar-refractivity contribution is 7.80. The van der Waals surface area contributed by atoms with Crippen LogP contribution in [0.15, 0.2) is 60.8 Å². The summed E-state index contributed by atoms with van der Waals surface area (Å²) in [6.45, 7) is 3.37. The van der Waals surface area contributed by atoms with Crippen molar-refractivity contribution in [1.82, 2.24) is 0 Å². The van der Waals surface area contributed by atoms with Crippen LogP contribution >= 0.6 is 0 Å². The van der Waals surface area contributed by atoms with Gasteiger partial charge in [0, 0.05) is 13.0 Å². The molecule has 0 aromatic heterocycles. The SMILES string of the molecule is CC/C=C\C/C=C\C/C=C\C/C=C\C/C=C\CCCCCCOCC(COC1OC(CO)C(O)C(OS(=O)(=O)O)C1O)OC(=O)CCC. The van der Waals surface area contributed by atoms with E-state index in [1.807, 2.05) is 6.92 Å². The second-order valence-electron chi connectivity index (χ2n) is 11.4. The minimum Gasteiger partial charge on any atom is -0.457 e. The smallest absolute Gasteiger partial charge is 0.397 e. The molecule has 1 saturated heterocycles. The van der Waals surface area contributed by atoms with Crippen LogP contribution in [0.3, 0.4) is 0 Å². The summed E-state index contributed by atoms with van der Waals surface area (Å²) in [7, 11) is -5.05. The molecule has 6 unspecified atom stereocenters. The maximum Gasteiger partial charge on any atom is 0.397 e. The van der Waals surface area contributed by atoms with Crippen molar-refractivity contribution in [1.29, 1.82) is 0 Å². The first-order chi connectivity index (χ1) is 23.1. The monoisotopic (exact) mass is 702 g/mol. The standard InChI is InChI=1S/C35H58O12S/c1-3-5-6-7-8-9-10-11-12-13-14-15-16-17-18-19-20-21-22-23-25-43-27-29(45-31(37)24-4-2)28-44-35-33(39)34(47-48(40,41)42)32(38)30(26-36)46-35/h5-6,8-9,11-12,14-15,17-18,29-30,32-36,38-39H,3-4,7,10,13,16,19-28H2,1-2H3,(H,40,41,42)/b6-5-,9-8-,12-11-,15-14-,18-17-. The molecular formula is C35H58O12S. The van der Waals surface area contributed by atoms with Crippen LogP contribution in [-0.2, 0) is 38.3 Å². The Morgan fingerprint density at radius 2 is 1.40 bits per heavy atom. The molecule has 1 heterocycles. The van der Waals surface area contributed by atoms with Gasteiger partial charge in [-0.2, -0.15) is 8.42 Å². The van der Waals surface area contributed by atoms with Crippen LogP contribution in [0.1, 0.15) is 90.9 Å². The van der Waals surface area contributed by atoms with E-state index in [0.717, 1.165) is 64.2 Å². The van der Waals surface area contributed by atoms with Gasteiger partial charge in [-0.1, -0.05) is 87.4 Å². The average molecular weight is 703 g/mol. The van der Waals surface area contributed by atoms with E-state index in [2.05, 4.69) is 71.9 Å². The topological polar surface area (TPSA) is 178 Å². The van der Waals surface area contributed by atoms with Gasteiger partial charge < -0.3 is 34.3 Å². The van der Waals surface area contributed by atoms with Crippen LogP contribution in [0.2, 0.25) is 0 Å². The molecule has 0 aromatic rings. The van der Waals surface area contributed by atoms with E-state index in [4.69, 9.17) is 23.5 Å². The molecule has 0 bridgehead atoms. The lowest BCUT2D eigenvalue weighted by atomic mass is 9.99. The molecule has 12 nitrogen and oxygen atoms in total. The number of esters is 1. The molecule has 0 aliphatic carbocycles. The van der Waals surface area contributed by atoms with Gasteiger partial charge in [-0.25, -0.2) is 4.18 Å². The Morgan fingerprint density at radius 1 is 0.812 bits per heavy atom. The highest BCUT2D eigenvalue weighted by Gasteiger charge is 2.48. The summed E-state index contributed by atoms with van der Waals surface area (Å²) in [5.74, 6) is -0.467. The van der Waals surface area contributed by atoms with Gasteiger partial charge in [-0.05, 0) is 57.8 Å². The largest absolute Gasteiger partial charge is 0.457 e. The van der Waals surface area contributed by atoms with Crippen molar-refractivity contribution in [2.45, 2.75) is 128 Å². The molecule has 0 amide bonds. The van der Waals surface area contributed by atoms with Crippen LogP contribution < -0.4 is 0 Å². The fourth-order valence-electron chi connectivity index (χ4n) is 4.62. The summed E-state index contributed by atoms with van der Waals surface area (Å²) in [5.41, 5.74) is 0. The number of unbranched alkanes of at least 4 members (excludes halogenated alkanes) is 4. The maximum atomic E-state index is 12.1. The molecule has 4 N–H and O–H groups in total.